The van der Waals surface area contributed by atoms with E-state index in [-0.39, 0.29) is 10.7 Å². The summed E-state index contributed by atoms with van der Waals surface area (Å²) < 4.78 is 6.91. The monoisotopic (exact) mass is 501 g/mol. The van der Waals surface area contributed by atoms with Gasteiger partial charge in [-0.25, -0.2) is 4.79 Å². The van der Waals surface area contributed by atoms with Crippen LogP contribution < -0.4 is 10.2 Å². The van der Waals surface area contributed by atoms with Crippen molar-refractivity contribution in [3.05, 3.63) is 87.2 Å². The van der Waals surface area contributed by atoms with Crippen LogP contribution >= 0.6 is 12.2 Å². The van der Waals surface area contributed by atoms with Crippen LogP contribution in [-0.2, 0) is 14.3 Å². The number of aromatic nitrogens is 1. The number of esters is 1. The maximum Gasteiger partial charge on any atom is 0.338 e. The Morgan fingerprint density at radius 1 is 1.00 bits per heavy atom. The molecule has 1 saturated heterocycles. The van der Waals surface area contributed by atoms with E-state index in [4.69, 9.17) is 17.0 Å². The number of aryl methyl sites for hydroxylation is 3. The highest BCUT2D eigenvalue weighted by Crippen LogP contribution is 2.29. The summed E-state index contributed by atoms with van der Waals surface area (Å²) in [4.78, 5) is 40.0. The van der Waals surface area contributed by atoms with Gasteiger partial charge in [0.1, 0.15) is 5.57 Å². The largest absolute Gasteiger partial charge is 0.465 e. The molecule has 1 aliphatic rings. The molecule has 1 N–H and O–H groups in total. The second-order valence-corrected chi connectivity index (χ2v) is 9.24. The Hall–Kier alpha value is -4.04. The molecule has 0 unspecified atom stereocenters. The van der Waals surface area contributed by atoms with Gasteiger partial charge >= 0.3 is 5.97 Å². The van der Waals surface area contributed by atoms with Gasteiger partial charge in [0.05, 0.1) is 18.4 Å². The van der Waals surface area contributed by atoms with Crippen molar-refractivity contribution < 1.29 is 19.1 Å². The van der Waals surface area contributed by atoms with Crippen LogP contribution in [0.1, 0.15) is 44.0 Å². The minimum atomic E-state index is -0.541. The summed E-state index contributed by atoms with van der Waals surface area (Å²) >= 11 is 5.36. The number of hydrogen-bond donors (Lipinski definition) is 1. The minimum Gasteiger partial charge on any atom is -0.465 e. The molecule has 2 amide bonds. The van der Waals surface area contributed by atoms with Crippen molar-refractivity contribution >= 4 is 46.9 Å². The van der Waals surface area contributed by atoms with Crippen molar-refractivity contribution in [2.45, 2.75) is 34.6 Å². The lowest BCUT2D eigenvalue weighted by molar-refractivity contribution is -0.122. The summed E-state index contributed by atoms with van der Waals surface area (Å²) in [5.74, 6) is -1.43. The van der Waals surface area contributed by atoms with Gasteiger partial charge in [-0.3, -0.25) is 19.8 Å². The zero-order valence-electron chi connectivity index (χ0n) is 21.1. The summed E-state index contributed by atoms with van der Waals surface area (Å²) in [5, 5.41) is 2.71. The lowest BCUT2D eigenvalue weighted by Crippen LogP contribution is -2.54. The number of nitrogens with one attached hydrogen (secondary N) is 1. The highest BCUT2D eigenvalue weighted by molar-refractivity contribution is 7.80. The molecular formula is C28H27N3O4S. The Bertz CT molecular complexity index is 1480. The van der Waals surface area contributed by atoms with Gasteiger partial charge in [-0.05, 0) is 99.4 Å². The standard InChI is InChI=1S/C28H27N3O4S/c1-15-10-11-16(2)24(12-15)31-26(33)22(25(32)29-28(31)36)14-20-13-17(3)30(19(20)5)23-9-7-8-21(18(23)4)27(34)35-6/h7-14H,1-6H3,(H,29,32,36)/b22-14+. The quantitative estimate of drug-likeness (QED) is 0.244. The molecule has 2 heterocycles. The predicted octanol–water partition coefficient (Wildman–Crippen LogP) is 4.64. The maximum atomic E-state index is 13.5. The Morgan fingerprint density at radius 2 is 1.72 bits per heavy atom. The van der Waals surface area contributed by atoms with E-state index in [2.05, 4.69) is 5.32 Å². The third kappa shape index (κ3) is 4.24. The number of carbonyl (C=O) groups is 3. The van der Waals surface area contributed by atoms with Gasteiger partial charge in [-0.15, -0.1) is 0 Å². The van der Waals surface area contributed by atoms with Gasteiger partial charge in [-0.1, -0.05) is 18.2 Å². The Balaban J connectivity index is 1.81. The van der Waals surface area contributed by atoms with Crippen LogP contribution in [0.3, 0.4) is 0 Å². The van der Waals surface area contributed by atoms with Crippen LogP contribution in [0.15, 0.2) is 48.0 Å². The molecule has 4 rings (SSSR count). The van der Waals surface area contributed by atoms with Crippen molar-refractivity contribution in [1.82, 2.24) is 9.88 Å². The van der Waals surface area contributed by atoms with Crippen LogP contribution in [0.5, 0.6) is 0 Å². The number of anilines is 1. The average Bonchev–Trinajstić information content (AvgIpc) is 3.11. The molecule has 8 heteroatoms. The first-order valence-electron chi connectivity index (χ1n) is 11.4. The second kappa shape index (κ2) is 9.54. The van der Waals surface area contributed by atoms with E-state index in [9.17, 15) is 14.4 Å². The lowest BCUT2D eigenvalue weighted by atomic mass is 10.0. The van der Waals surface area contributed by atoms with E-state index in [0.29, 0.717) is 16.8 Å². The summed E-state index contributed by atoms with van der Waals surface area (Å²) in [7, 11) is 1.35. The van der Waals surface area contributed by atoms with E-state index in [0.717, 1.165) is 33.8 Å². The molecule has 184 valence electrons. The van der Waals surface area contributed by atoms with Crippen molar-refractivity contribution in [3.8, 4) is 5.69 Å². The highest BCUT2D eigenvalue weighted by atomic mass is 32.1. The molecule has 0 atom stereocenters. The fourth-order valence-electron chi connectivity index (χ4n) is 4.49. The van der Waals surface area contributed by atoms with Crippen LogP contribution in [0.2, 0.25) is 0 Å². The van der Waals surface area contributed by atoms with Crippen molar-refractivity contribution in [3.63, 3.8) is 0 Å². The Morgan fingerprint density at radius 3 is 2.42 bits per heavy atom. The van der Waals surface area contributed by atoms with E-state index < -0.39 is 17.8 Å². The molecule has 7 nitrogen and oxygen atoms in total. The van der Waals surface area contributed by atoms with Gasteiger partial charge in [0, 0.05) is 17.1 Å². The SMILES string of the molecule is COC(=O)c1cccc(-n2c(C)cc(/C=C3\C(=O)NC(=S)N(c4cc(C)ccc4C)C3=O)c2C)c1C. The molecule has 0 spiro atoms. The third-order valence-electron chi connectivity index (χ3n) is 6.43. The molecule has 0 radical (unpaired) electrons. The number of hydrogen-bond acceptors (Lipinski definition) is 5. The van der Waals surface area contributed by atoms with E-state index in [1.54, 1.807) is 18.2 Å². The molecule has 0 bridgehead atoms. The molecular weight excluding hydrogens is 474 g/mol. The number of methoxy groups -OCH3 is 1. The zero-order chi connectivity index (χ0) is 26.3. The molecule has 1 aliphatic heterocycles. The maximum absolute atomic E-state index is 13.5. The van der Waals surface area contributed by atoms with Gasteiger partial charge in [0.2, 0.25) is 0 Å². The van der Waals surface area contributed by atoms with Gasteiger partial charge in [-0.2, -0.15) is 0 Å². The number of nitrogens with zero attached hydrogens (tertiary/aromatic N) is 2. The molecule has 1 fully saturated rings. The summed E-state index contributed by atoms with van der Waals surface area (Å²) in [6, 6.07) is 13.1. The van der Waals surface area contributed by atoms with Crippen molar-refractivity contribution in [1.29, 1.82) is 0 Å². The molecule has 0 saturated carbocycles. The van der Waals surface area contributed by atoms with E-state index >= 15 is 0 Å². The summed E-state index contributed by atoms with van der Waals surface area (Å²) in [6.45, 7) is 9.52. The summed E-state index contributed by atoms with van der Waals surface area (Å²) in [5.41, 5.74) is 6.93. The zero-order valence-corrected chi connectivity index (χ0v) is 21.9. The van der Waals surface area contributed by atoms with Crippen LogP contribution in [-0.4, -0.2) is 34.6 Å². The molecule has 36 heavy (non-hydrogen) atoms. The minimum absolute atomic E-state index is 0.00945. The second-order valence-electron chi connectivity index (χ2n) is 8.85. The number of thiocarbonyl (C=S) groups is 1. The third-order valence-corrected chi connectivity index (χ3v) is 6.71. The first kappa shape index (κ1) is 25.1. The number of amides is 2. The first-order chi connectivity index (χ1) is 17.0. The molecule has 3 aromatic rings. The normalized spacial score (nSPS) is 14.9. The fourth-order valence-corrected chi connectivity index (χ4v) is 4.77. The lowest BCUT2D eigenvalue weighted by Gasteiger charge is -2.30. The smallest absolute Gasteiger partial charge is 0.338 e. The van der Waals surface area contributed by atoms with Gasteiger partial charge in [0.25, 0.3) is 11.8 Å². The molecule has 1 aromatic heterocycles. The molecule has 2 aromatic carbocycles. The average molecular weight is 502 g/mol. The van der Waals surface area contributed by atoms with E-state index in [1.807, 2.05) is 69.5 Å². The fraction of sp³-hybridized carbons (Fsp3) is 0.214. The topological polar surface area (TPSA) is 80.6 Å². The van der Waals surface area contributed by atoms with Gasteiger partial charge < -0.3 is 9.30 Å². The highest BCUT2D eigenvalue weighted by Gasteiger charge is 2.35. The van der Waals surface area contributed by atoms with Crippen LogP contribution in [0.25, 0.3) is 11.8 Å². The van der Waals surface area contributed by atoms with E-state index in [1.165, 1.54) is 12.0 Å². The Labute approximate surface area is 215 Å². The number of carbonyl (C=O) groups excluding carboxylic acids is 3. The van der Waals surface area contributed by atoms with Crippen molar-refractivity contribution in [2.75, 3.05) is 12.0 Å². The summed E-state index contributed by atoms with van der Waals surface area (Å²) in [6.07, 6.45) is 1.59. The molecule has 0 aliphatic carbocycles. The predicted molar refractivity (Wildman–Crippen MR) is 143 cm³/mol. The number of ether oxygens (including phenoxy) is 1. The Kier molecular flexibility index (Phi) is 6.65. The van der Waals surface area contributed by atoms with Crippen LogP contribution in [0, 0.1) is 34.6 Å². The van der Waals surface area contributed by atoms with Gasteiger partial charge in [0.15, 0.2) is 5.11 Å². The number of benzene rings is 2. The van der Waals surface area contributed by atoms with Crippen molar-refractivity contribution in [2.24, 2.45) is 0 Å². The first-order valence-corrected chi connectivity index (χ1v) is 11.8. The van der Waals surface area contributed by atoms with Crippen LogP contribution in [0.4, 0.5) is 5.69 Å². The number of rotatable bonds is 4.